The van der Waals surface area contributed by atoms with Crippen molar-refractivity contribution in [2.75, 3.05) is 0 Å². The van der Waals surface area contributed by atoms with Crippen LogP contribution in [-0.4, -0.2) is 48.7 Å². The lowest BCUT2D eigenvalue weighted by atomic mass is 9.72. The second kappa shape index (κ2) is 21.1. The number of pyridine rings is 3. The van der Waals surface area contributed by atoms with Crippen LogP contribution in [0.3, 0.4) is 0 Å². The fourth-order valence-electron chi connectivity index (χ4n) is 10.5. The molecule has 0 saturated heterocycles. The summed E-state index contributed by atoms with van der Waals surface area (Å²) >= 11 is 0. The number of hydrogen-bond acceptors (Lipinski definition) is 5. The van der Waals surface area contributed by atoms with E-state index in [4.69, 9.17) is 28.5 Å². The number of rotatable bonds is 11. The molecule has 0 aliphatic heterocycles. The van der Waals surface area contributed by atoms with E-state index in [0.29, 0.717) is 5.56 Å². The lowest BCUT2D eigenvalue weighted by Gasteiger charge is -2.18. The minimum Gasteiger partial charge on any atom is -0.509 e. The minimum absolute atomic E-state index is 0.0408. The van der Waals surface area contributed by atoms with Crippen molar-refractivity contribution < 1.29 is 10.2 Å². The smallest absolute Gasteiger partial charge is 0.120 e. The molecule has 0 spiro atoms. The van der Waals surface area contributed by atoms with Gasteiger partial charge in [-0.1, -0.05) is 193 Å². The Morgan fingerprint density at radius 1 is 0.282 bits per heavy atom. The first-order chi connectivity index (χ1) is 38.2. The highest BCUT2D eigenvalue weighted by Gasteiger charge is 2.19. The topological polar surface area (TPSA) is 79.1 Å². The molecule has 0 aliphatic rings. The SMILES string of the molecule is [B]c1c([B])c(O)c(-c2ccc(-c3cc(-c4ccc(-c5ccccc5-c5cc(-c6ccccc6-c6ccc(-c7ccccn7)cc6)cc(-c6ccccc6-c6ccc(-c7ccccn7)cc6)c5)cc4)ncc3C)cc2)c([B])c1O. The standard InChI is InChI=1S/C70H46B3N3O2/c1-43-42-76-64(41-61(43)47-26-34-51(35-27-47)65-66(71)70(78)68(73)67(72)69(65)77)50-32-24-46(25-33-50)57-14-4-7-17-60(57)54-39-52(58-15-5-2-12-55(58)44-20-28-48(29-21-44)62-18-8-10-36-74-62)38-53(40-54)59-16-6-3-13-56(59)45-22-30-49(31-23-45)63-19-9-11-37-75-63/h2-42,77-78H,1H3. The summed E-state index contributed by atoms with van der Waals surface area (Å²) in [5.74, 6) is -0.628. The van der Waals surface area contributed by atoms with Gasteiger partial charge in [-0.15, -0.1) is 0 Å². The Morgan fingerprint density at radius 2 is 0.603 bits per heavy atom. The average Bonchev–Trinajstić information content (AvgIpc) is 3.60. The summed E-state index contributed by atoms with van der Waals surface area (Å²) in [7, 11) is 18.1. The van der Waals surface area contributed by atoms with E-state index in [1.165, 1.54) is 0 Å². The number of phenols is 2. The zero-order chi connectivity index (χ0) is 53.3. The van der Waals surface area contributed by atoms with Gasteiger partial charge < -0.3 is 10.2 Å². The van der Waals surface area contributed by atoms with Crippen molar-refractivity contribution in [2.45, 2.75) is 6.92 Å². The van der Waals surface area contributed by atoms with Crippen LogP contribution in [0.15, 0.2) is 249 Å². The third kappa shape index (κ3) is 9.50. The van der Waals surface area contributed by atoms with E-state index in [1.807, 2.05) is 86.2 Å². The summed E-state index contributed by atoms with van der Waals surface area (Å²) in [5, 5.41) is 21.4. The lowest BCUT2D eigenvalue weighted by molar-refractivity contribution is 0.472. The van der Waals surface area contributed by atoms with Crippen LogP contribution in [-0.2, 0) is 0 Å². The third-order valence-corrected chi connectivity index (χ3v) is 14.6. The Bertz CT molecular complexity index is 4000. The summed E-state index contributed by atoms with van der Waals surface area (Å²) in [5.41, 5.74) is 22.6. The summed E-state index contributed by atoms with van der Waals surface area (Å²) in [6.07, 6.45) is 5.55. The van der Waals surface area contributed by atoms with Crippen molar-refractivity contribution >= 4 is 39.9 Å². The second-order valence-electron chi connectivity index (χ2n) is 19.4. The molecule has 0 bridgehead atoms. The molecule has 0 amide bonds. The first-order valence-electron chi connectivity index (χ1n) is 25.7. The zero-order valence-electron chi connectivity index (χ0n) is 42.6. The Balaban J connectivity index is 0.923. The van der Waals surface area contributed by atoms with Crippen LogP contribution in [0.2, 0.25) is 0 Å². The van der Waals surface area contributed by atoms with Crippen LogP contribution >= 0.6 is 0 Å². The molecule has 12 rings (SSSR count). The van der Waals surface area contributed by atoms with E-state index in [-0.39, 0.29) is 33.5 Å². The number of aromatic nitrogens is 3. The fraction of sp³-hybridized carbons (Fsp3) is 0.0143. The van der Waals surface area contributed by atoms with E-state index < -0.39 is 0 Å². The molecule has 78 heavy (non-hydrogen) atoms. The van der Waals surface area contributed by atoms with Gasteiger partial charge in [0.25, 0.3) is 0 Å². The summed E-state index contributed by atoms with van der Waals surface area (Å²) in [6.45, 7) is 2.03. The maximum Gasteiger partial charge on any atom is 0.120 e. The van der Waals surface area contributed by atoms with Crippen molar-refractivity contribution in [3.63, 3.8) is 0 Å². The summed E-state index contributed by atoms with van der Waals surface area (Å²) in [4.78, 5) is 14.1. The number of nitrogens with zero attached hydrogens (tertiary/aromatic N) is 3. The van der Waals surface area contributed by atoms with E-state index in [1.54, 1.807) is 0 Å². The van der Waals surface area contributed by atoms with Crippen LogP contribution in [0.25, 0.3) is 123 Å². The van der Waals surface area contributed by atoms with Gasteiger partial charge in [0, 0.05) is 40.8 Å². The van der Waals surface area contributed by atoms with E-state index in [0.717, 1.165) is 117 Å². The molecular weight excluding hydrogens is 947 g/mol. The van der Waals surface area contributed by atoms with Crippen molar-refractivity contribution in [3.8, 4) is 134 Å². The molecule has 12 aromatic rings. The molecule has 5 nitrogen and oxygen atoms in total. The Kier molecular flexibility index (Phi) is 13.3. The number of benzene rings is 9. The molecule has 3 heterocycles. The monoisotopic (exact) mass is 993 g/mol. The number of aromatic hydroxyl groups is 2. The Labute approximate surface area is 458 Å². The lowest BCUT2D eigenvalue weighted by Crippen LogP contribution is -2.32. The van der Waals surface area contributed by atoms with Crippen LogP contribution in [0.4, 0.5) is 0 Å². The van der Waals surface area contributed by atoms with Crippen LogP contribution in [0, 0.1) is 6.92 Å². The quantitative estimate of drug-likeness (QED) is 0.0997. The van der Waals surface area contributed by atoms with Gasteiger partial charge in [-0.2, -0.15) is 0 Å². The number of aryl methyl sites for hydroxylation is 1. The Hall–Kier alpha value is -9.78. The van der Waals surface area contributed by atoms with Gasteiger partial charge in [-0.3, -0.25) is 15.0 Å². The first-order valence-corrected chi connectivity index (χ1v) is 25.7. The fourth-order valence-corrected chi connectivity index (χ4v) is 10.5. The van der Waals surface area contributed by atoms with Gasteiger partial charge in [0.1, 0.15) is 35.0 Å². The molecule has 8 heteroatoms. The predicted molar refractivity (Wildman–Crippen MR) is 324 cm³/mol. The molecule has 0 saturated carbocycles. The van der Waals surface area contributed by atoms with Crippen molar-refractivity contribution in [1.82, 2.24) is 15.0 Å². The van der Waals surface area contributed by atoms with Gasteiger partial charge in [0.15, 0.2) is 0 Å². The van der Waals surface area contributed by atoms with Gasteiger partial charge >= 0.3 is 0 Å². The summed E-state index contributed by atoms with van der Waals surface area (Å²) < 4.78 is 0. The highest BCUT2D eigenvalue weighted by Crippen LogP contribution is 2.43. The molecular formula is C70H46B3N3O2. The van der Waals surface area contributed by atoms with Crippen LogP contribution < -0.4 is 16.4 Å². The normalized spacial score (nSPS) is 11.1. The number of phenolic OH excluding ortho intramolecular Hbond substituents is 2. The molecule has 3 aromatic heterocycles. The molecule has 2 N–H and O–H groups in total. The first kappa shape index (κ1) is 49.1. The molecule has 9 aromatic carbocycles. The maximum absolute atomic E-state index is 10.9. The third-order valence-electron chi connectivity index (χ3n) is 14.6. The van der Waals surface area contributed by atoms with Crippen molar-refractivity contribution in [3.05, 3.63) is 255 Å². The van der Waals surface area contributed by atoms with Gasteiger partial charge in [0.2, 0.25) is 0 Å². The van der Waals surface area contributed by atoms with Gasteiger partial charge in [0.05, 0.1) is 17.1 Å². The van der Waals surface area contributed by atoms with Crippen LogP contribution in [0.5, 0.6) is 11.5 Å². The van der Waals surface area contributed by atoms with Crippen molar-refractivity contribution in [2.24, 2.45) is 0 Å². The second-order valence-corrected chi connectivity index (χ2v) is 19.4. The van der Waals surface area contributed by atoms with E-state index in [2.05, 4.69) is 180 Å². The largest absolute Gasteiger partial charge is 0.509 e. The average molecular weight is 994 g/mol. The van der Waals surface area contributed by atoms with Crippen LogP contribution in [0.1, 0.15) is 5.56 Å². The van der Waals surface area contributed by atoms with Crippen molar-refractivity contribution in [1.29, 1.82) is 0 Å². The molecule has 0 unspecified atom stereocenters. The van der Waals surface area contributed by atoms with E-state index in [9.17, 15) is 10.2 Å². The molecule has 0 aliphatic carbocycles. The van der Waals surface area contributed by atoms with Gasteiger partial charge in [-0.05, 0) is 150 Å². The summed E-state index contributed by atoms with van der Waals surface area (Å²) in [6, 6.07) is 80.6. The number of hydrogen-bond donors (Lipinski definition) is 2. The zero-order valence-corrected chi connectivity index (χ0v) is 42.6. The highest BCUT2D eigenvalue weighted by molar-refractivity contribution is 6.54. The van der Waals surface area contributed by atoms with E-state index >= 15 is 0 Å². The minimum atomic E-state index is -0.355. The molecule has 0 fully saturated rings. The maximum atomic E-state index is 10.9. The predicted octanol–water partition coefficient (Wildman–Crippen LogP) is 14.3. The highest BCUT2D eigenvalue weighted by atomic mass is 16.3. The van der Waals surface area contributed by atoms with Gasteiger partial charge in [-0.25, -0.2) is 0 Å². The Morgan fingerprint density at radius 3 is 0.987 bits per heavy atom. The molecule has 362 valence electrons. The molecule has 6 radical (unpaired) electrons. The molecule has 0 atom stereocenters.